The summed E-state index contributed by atoms with van der Waals surface area (Å²) < 4.78 is 5.11. The van der Waals surface area contributed by atoms with Crippen LogP contribution < -0.4 is 15.4 Å². The third-order valence-electron chi connectivity index (χ3n) is 4.33. The smallest absolute Gasteiger partial charge is 0.240 e. The summed E-state index contributed by atoms with van der Waals surface area (Å²) in [7, 11) is 1.60. The molecule has 0 unspecified atom stereocenters. The lowest BCUT2D eigenvalue weighted by Gasteiger charge is -2.15. The van der Waals surface area contributed by atoms with Crippen molar-refractivity contribution in [3.8, 4) is 5.75 Å². The topological polar surface area (TPSA) is 67.4 Å². The highest BCUT2D eigenvalue weighted by Gasteiger charge is 2.56. The van der Waals surface area contributed by atoms with Gasteiger partial charge in [-0.3, -0.25) is 9.59 Å². The molecule has 0 spiro atoms. The lowest BCUT2D eigenvalue weighted by Crippen LogP contribution is -2.39. The molecular weight excluding hydrogens is 340 g/mol. The molecule has 1 saturated carbocycles. The number of halogens is 1. The summed E-state index contributed by atoms with van der Waals surface area (Å²) in [4.78, 5) is 25.0. The first-order valence-electron chi connectivity index (χ1n) is 8.02. The van der Waals surface area contributed by atoms with E-state index in [0.29, 0.717) is 30.1 Å². The number of benzene rings is 2. The number of amides is 2. The Bertz CT molecular complexity index is 768. The number of carbonyl (C=O) groups excluding carboxylic acids is 2. The second kappa shape index (κ2) is 7.15. The number of hydrogen-bond acceptors (Lipinski definition) is 3. The molecule has 130 valence electrons. The van der Waals surface area contributed by atoms with Crippen molar-refractivity contribution in [2.75, 3.05) is 12.4 Å². The van der Waals surface area contributed by atoms with Crippen LogP contribution >= 0.6 is 11.6 Å². The van der Waals surface area contributed by atoms with Gasteiger partial charge < -0.3 is 15.4 Å². The van der Waals surface area contributed by atoms with Gasteiger partial charge in [0.1, 0.15) is 11.2 Å². The van der Waals surface area contributed by atoms with Crippen LogP contribution in [0.5, 0.6) is 5.75 Å². The number of methoxy groups -OCH3 is 1. The van der Waals surface area contributed by atoms with E-state index in [-0.39, 0.29) is 11.8 Å². The van der Waals surface area contributed by atoms with E-state index in [2.05, 4.69) is 10.6 Å². The van der Waals surface area contributed by atoms with Gasteiger partial charge in [0, 0.05) is 17.3 Å². The molecule has 0 heterocycles. The van der Waals surface area contributed by atoms with Crippen LogP contribution in [0, 0.1) is 5.41 Å². The van der Waals surface area contributed by atoms with Crippen LogP contribution in [0.1, 0.15) is 18.4 Å². The molecule has 1 fully saturated rings. The number of carbonyl (C=O) groups is 2. The lowest BCUT2D eigenvalue weighted by molar-refractivity contribution is -0.134. The van der Waals surface area contributed by atoms with Gasteiger partial charge in [-0.2, -0.15) is 0 Å². The van der Waals surface area contributed by atoms with Crippen LogP contribution in [0.3, 0.4) is 0 Å². The molecule has 1 aliphatic carbocycles. The maximum atomic E-state index is 12.5. The zero-order valence-corrected chi connectivity index (χ0v) is 14.6. The fourth-order valence-corrected chi connectivity index (χ4v) is 2.69. The van der Waals surface area contributed by atoms with Crippen molar-refractivity contribution in [2.24, 2.45) is 5.41 Å². The van der Waals surface area contributed by atoms with E-state index >= 15 is 0 Å². The third-order valence-corrected chi connectivity index (χ3v) is 4.59. The molecule has 2 aromatic carbocycles. The minimum absolute atomic E-state index is 0.241. The highest BCUT2D eigenvalue weighted by molar-refractivity contribution is 6.30. The minimum atomic E-state index is -0.966. The summed E-state index contributed by atoms with van der Waals surface area (Å²) in [6.07, 6.45) is 1.11. The zero-order valence-electron chi connectivity index (χ0n) is 13.8. The molecular formula is C19H19ClN2O3. The summed E-state index contributed by atoms with van der Waals surface area (Å²) in [6, 6.07) is 14.3. The molecule has 0 radical (unpaired) electrons. The van der Waals surface area contributed by atoms with Crippen LogP contribution in [0.15, 0.2) is 48.5 Å². The maximum absolute atomic E-state index is 12.5. The SMILES string of the molecule is COc1ccc(CNC(=O)C2(C(=O)Nc3ccc(Cl)cc3)CC2)cc1. The second-order valence-electron chi connectivity index (χ2n) is 6.07. The number of anilines is 1. The van der Waals surface area contributed by atoms with E-state index in [4.69, 9.17) is 16.3 Å². The van der Waals surface area contributed by atoms with Gasteiger partial charge in [-0.25, -0.2) is 0 Å². The minimum Gasteiger partial charge on any atom is -0.497 e. The van der Waals surface area contributed by atoms with Crippen LogP contribution in [0.2, 0.25) is 5.02 Å². The van der Waals surface area contributed by atoms with E-state index in [1.807, 2.05) is 24.3 Å². The molecule has 1 aliphatic rings. The van der Waals surface area contributed by atoms with Crippen molar-refractivity contribution in [3.05, 3.63) is 59.1 Å². The predicted octanol–water partition coefficient (Wildman–Crippen LogP) is 3.38. The summed E-state index contributed by atoms with van der Waals surface area (Å²) in [5.74, 6) is 0.243. The number of nitrogens with one attached hydrogen (secondary N) is 2. The molecule has 2 amide bonds. The molecule has 0 aliphatic heterocycles. The normalized spacial score (nSPS) is 14.5. The van der Waals surface area contributed by atoms with Gasteiger partial charge in [0.05, 0.1) is 7.11 Å². The molecule has 0 bridgehead atoms. The Hall–Kier alpha value is -2.53. The molecule has 3 rings (SSSR count). The van der Waals surface area contributed by atoms with Gasteiger partial charge >= 0.3 is 0 Å². The highest BCUT2D eigenvalue weighted by Crippen LogP contribution is 2.46. The van der Waals surface area contributed by atoms with Crippen molar-refractivity contribution < 1.29 is 14.3 Å². The van der Waals surface area contributed by atoms with Gasteiger partial charge in [-0.1, -0.05) is 23.7 Å². The Morgan fingerprint density at radius 2 is 1.68 bits per heavy atom. The average Bonchev–Trinajstić information content (AvgIpc) is 3.44. The molecule has 5 nitrogen and oxygen atoms in total. The maximum Gasteiger partial charge on any atom is 0.240 e. The first kappa shape index (κ1) is 17.3. The van der Waals surface area contributed by atoms with Crippen LogP contribution in [0.4, 0.5) is 5.69 Å². The first-order valence-corrected chi connectivity index (χ1v) is 8.39. The predicted molar refractivity (Wildman–Crippen MR) is 96.6 cm³/mol. The van der Waals surface area contributed by atoms with E-state index < -0.39 is 5.41 Å². The highest BCUT2D eigenvalue weighted by atomic mass is 35.5. The largest absolute Gasteiger partial charge is 0.497 e. The summed E-state index contributed by atoms with van der Waals surface area (Å²) >= 11 is 5.83. The molecule has 0 atom stereocenters. The van der Waals surface area contributed by atoms with Gasteiger partial charge in [0.15, 0.2) is 0 Å². The van der Waals surface area contributed by atoms with E-state index in [1.165, 1.54) is 0 Å². The first-order chi connectivity index (χ1) is 12.0. The van der Waals surface area contributed by atoms with Gasteiger partial charge in [-0.15, -0.1) is 0 Å². The van der Waals surface area contributed by atoms with Gasteiger partial charge in [-0.05, 0) is 54.8 Å². The summed E-state index contributed by atoms with van der Waals surface area (Å²) in [6.45, 7) is 0.374. The van der Waals surface area contributed by atoms with Gasteiger partial charge in [0.25, 0.3) is 0 Å². The molecule has 0 aromatic heterocycles. The average molecular weight is 359 g/mol. The summed E-state index contributed by atoms with van der Waals surface area (Å²) in [5, 5.41) is 6.24. The van der Waals surface area contributed by atoms with Crippen LogP contribution in [0.25, 0.3) is 0 Å². The van der Waals surface area contributed by atoms with Crippen molar-refractivity contribution >= 4 is 29.1 Å². The Morgan fingerprint density at radius 1 is 1.04 bits per heavy atom. The Kier molecular flexibility index (Phi) is 4.95. The van der Waals surface area contributed by atoms with Crippen molar-refractivity contribution in [2.45, 2.75) is 19.4 Å². The molecule has 0 saturated heterocycles. The van der Waals surface area contributed by atoms with Crippen LogP contribution in [-0.4, -0.2) is 18.9 Å². The summed E-state index contributed by atoms with van der Waals surface area (Å²) in [5.41, 5.74) is 0.609. The van der Waals surface area contributed by atoms with Crippen molar-refractivity contribution in [1.82, 2.24) is 5.32 Å². The molecule has 6 heteroatoms. The number of hydrogen-bond donors (Lipinski definition) is 2. The standard InChI is InChI=1S/C19H19ClN2O3/c1-25-16-8-2-13(3-9-16)12-21-17(23)19(10-11-19)18(24)22-15-6-4-14(20)5-7-15/h2-9H,10-12H2,1H3,(H,21,23)(H,22,24). The van der Waals surface area contributed by atoms with Crippen molar-refractivity contribution in [1.29, 1.82) is 0 Å². The van der Waals surface area contributed by atoms with Gasteiger partial charge in [0.2, 0.25) is 11.8 Å². The fraction of sp³-hybridized carbons (Fsp3) is 0.263. The molecule has 25 heavy (non-hydrogen) atoms. The molecule has 2 aromatic rings. The Balaban J connectivity index is 1.58. The molecule has 2 N–H and O–H groups in total. The zero-order chi connectivity index (χ0) is 17.9. The van der Waals surface area contributed by atoms with E-state index in [1.54, 1.807) is 31.4 Å². The van der Waals surface area contributed by atoms with Crippen LogP contribution in [-0.2, 0) is 16.1 Å². The van der Waals surface area contributed by atoms with E-state index in [9.17, 15) is 9.59 Å². The lowest BCUT2D eigenvalue weighted by atomic mass is 10.0. The number of rotatable bonds is 6. The van der Waals surface area contributed by atoms with E-state index in [0.717, 1.165) is 11.3 Å². The Morgan fingerprint density at radius 3 is 2.24 bits per heavy atom. The van der Waals surface area contributed by atoms with Crippen molar-refractivity contribution in [3.63, 3.8) is 0 Å². The quantitative estimate of drug-likeness (QED) is 0.778. The number of ether oxygens (including phenoxy) is 1. The Labute approximate surface area is 151 Å². The third kappa shape index (κ3) is 3.94. The monoisotopic (exact) mass is 358 g/mol. The second-order valence-corrected chi connectivity index (χ2v) is 6.51. The fourth-order valence-electron chi connectivity index (χ4n) is 2.56.